The van der Waals surface area contributed by atoms with Gasteiger partial charge in [-0.2, -0.15) is 0 Å². The van der Waals surface area contributed by atoms with E-state index in [1.165, 1.54) is 0 Å². The van der Waals surface area contributed by atoms with E-state index in [4.69, 9.17) is 5.11 Å². The molecule has 0 radical (unpaired) electrons. The molecule has 0 aliphatic heterocycles. The number of aldehydes is 1. The van der Waals surface area contributed by atoms with Crippen molar-refractivity contribution in [2.24, 2.45) is 11.8 Å². The van der Waals surface area contributed by atoms with Crippen molar-refractivity contribution in [3.8, 4) is 0 Å². The standard InChI is InChI=1S/C20H30N2O5/c1-14(2)10-18(20(26)27)22-19(25)17(11-15-6-4-3-5-7-15)21-12-16(13-24)8-9-23/h3-7,13-14,16-18,21,23H,8-12H2,1-2H3,(H,22,25)(H,26,27). The zero-order valence-corrected chi connectivity index (χ0v) is 15.9. The van der Waals surface area contributed by atoms with Gasteiger partial charge in [0.15, 0.2) is 0 Å². The lowest BCUT2D eigenvalue weighted by Crippen LogP contribution is -2.52. The molecule has 0 aliphatic carbocycles. The second kappa shape index (κ2) is 12.2. The smallest absolute Gasteiger partial charge is 0.326 e. The number of rotatable bonds is 13. The summed E-state index contributed by atoms with van der Waals surface area (Å²) in [4.78, 5) is 35.3. The van der Waals surface area contributed by atoms with Gasteiger partial charge in [-0.05, 0) is 30.7 Å². The highest BCUT2D eigenvalue weighted by atomic mass is 16.4. The van der Waals surface area contributed by atoms with Gasteiger partial charge in [-0.25, -0.2) is 4.79 Å². The van der Waals surface area contributed by atoms with E-state index < -0.39 is 29.9 Å². The van der Waals surface area contributed by atoms with Gasteiger partial charge in [-0.1, -0.05) is 44.2 Å². The Kier molecular flexibility index (Phi) is 10.3. The fraction of sp³-hybridized carbons (Fsp3) is 0.550. The van der Waals surface area contributed by atoms with Crippen LogP contribution in [0.25, 0.3) is 0 Å². The van der Waals surface area contributed by atoms with Gasteiger partial charge in [0.25, 0.3) is 0 Å². The summed E-state index contributed by atoms with van der Waals surface area (Å²) in [5.74, 6) is -1.77. The first-order valence-corrected chi connectivity index (χ1v) is 9.24. The van der Waals surface area contributed by atoms with Crippen LogP contribution in [-0.2, 0) is 20.8 Å². The highest BCUT2D eigenvalue weighted by molar-refractivity contribution is 5.87. The molecule has 7 nitrogen and oxygen atoms in total. The lowest BCUT2D eigenvalue weighted by Gasteiger charge is -2.23. The fourth-order valence-electron chi connectivity index (χ4n) is 2.75. The number of carbonyl (C=O) groups excluding carboxylic acids is 2. The van der Waals surface area contributed by atoms with Gasteiger partial charge in [0.1, 0.15) is 12.3 Å². The number of hydrogen-bond acceptors (Lipinski definition) is 5. The summed E-state index contributed by atoms with van der Waals surface area (Å²) >= 11 is 0. The monoisotopic (exact) mass is 378 g/mol. The first kappa shape index (κ1) is 22.8. The third-order valence-corrected chi connectivity index (χ3v) is 4.24. The third kappa shape index (κ3) is 8.79. The van der Waals surface area contributed by atoms with Crippen LogP contribution in [0, 0.1) is 11.8 Å². The molecule has 0 spiro atoms. The molecule has 0 fully saturated rings. The van der Waals surface area contributed by atoms with E-state index >= 15 is 0 Å². The number of aliphatic hydroxyl groups excluding tert-OH is 1. The Hall–Kier alpha value is -2.25. The number of carboxylic acids is 1. The maximum absolute atomic E-state index is 12.7. The second-order valence-electron chi connectivity index (χ2n) is 7.09. The summed E-state index contributed by atoms with van der Waals surface area (Å²) in [5, 5.41) is 24.0. The molecule has 4 N–H and O–H groups in total. The zero-order chi connectivity index (χ0) is 20.2. The van der Waals surface area contributed by atoms with Crippen LogP contribution in [0.4, 0.5) is 0 Å². The topological polar surface area (TPSA) is 116 Å². The third-order valence-electron chi connectivity index (χ3n) is 4.24. The van der Waals surface area contributed by atoms with Gasteiger partial charge in [0, 0.05) is 19.1 Å². The lowest BCUT2D eigenvalue weighted by atomic mass is 10.0. The van der Waals surface area contributed by atoms with Gasteiger partial charge in [-0.15, -0.1) is 0 Å². The van der Waals surface area contributed by atoms with Crippen LogP contribution in [0.5, 0.6) is 0 Å². The summed E-state index contributed by atoms with van der Waals surface area (Å²) in [6, 6.07) is 7.73. The van der Waals surface area contributed by atoms with E-state index in [0.717, 1.165) is 11.8 Å². The Morgan fingerprint density at radius 2 is 1.81 bits per heavy atom. The SMILES string of the molecule is CC(C)CC(NC(=O)C(Cc1ccccc1)NCC(C=O)CCO)C(=O)O. The molecule has 0 aliphatic rings. The predicted molar refractivity (Wildman–Crippen MR) is 102 cm³/mol. The van der Waals surface area contributed by atoms with E-state index in [0.29, 0.717) is 19.3 Å². The number of hydrogen-bond donors (Lipinski definition) is 4. The van der Waals surface area contributed by atoms with Crippen molar-refractivity contribution in [2.75, 3.05) is 13.2 Å². The molecule has 1 rings (SSSR count). The van der Waals surface area contributed by atoms with E-state index in [9.17, 15) is 19.5 Å². The number of carboxylic acid groups (broad SMARTS) is 1. The van der Waals surface area contributed by atoms with Crippen LogP contribution in [0.2, 0.25) is 0 Å². The van der Waals surface area contributed by atoms with Crippen LogP contribution in [0.1, 0.15) is 32.3 Å². The largest absolute Gasteiger partial charge is 0.480 e. The van der Waals surface area contributed by atoms with Gasteiger partial charge >= 0.3 is 5.97 Å². The van der Waals surface area contributed by atoms with Gasteiger partial charge in [0.05, 0.1) is 6.04 Å². The molecule has 3 atom stereocenters. The van der Waals surface area contributed by atoms with Crippen molar-refractivity contribution in [3.63, 3.8) is 0 Å². The molecule has 0 aromatic heterocycles. The van der Waals surface area contributed by atoms with E-state index in [1.807, 2.05) is 44.2 Å². The van der Waals surface area contributed by atoms with E-state index in [2.05, 4.69) is 10.6 Å². The summed E-state index contributed by atoms with van der Waals surface area (Å²) in [6.45, 7) is 3.91. The quantitative estimate of drug-likeness (QED) is 0.381. The number of nitrogens with one attached hydrogen (secondary N) is 2. The molecule has 1 amide bonds. The van der Waals surface area contributed by atoms with Crippen molar-refractivity contribution in [2.45, 2.75) is 45.2 Å². The Bertz CT molecular complexity index is 591. The van der Waals surface area contributed by atoms with Gasteiger partial charge in [0.2, 0.25) is 5.91 Å². The number of amides is 1. The maximum atomic E-state index is 12.7. The molecule has 0 saturated carbocycles. The molecular formula is C20H30N2O5. The average molecular weight is 378 g/mol. The van der Waals surface area contributed by atoms with E-state index in [1.54, 1.807) is 0 Å². The molecule has 7 heteroatoms. The Morgan fingerprint density at radius 3 is 2.33 bits per heavy atom. The minimum atomic E-state index is -1.07. The first-order chi connectivity index (χ1) is 12.9. The summed E-state index contributed by atoms with van der Waals surface area (Å²) in [5.41, 5.74) is 0.922. The summed E-state index contributed by atoms with van der Waals surface area (Å²) in [6.07, 6.45) is 1.76. The number of carbonyl (C=O) groups is 3. The Morgan fingerprint density at radius 1 is 1.15 bits per heavy atom. The number of aliphatic carboxylic acids is 1. The number of benzene rings is 1. The Balaban J connectivity index is 2.85. The van der Waals surface area contributed by atoms with Crippen molar-refractivity contribution in [1.29, 1.82) is 0 Å². The predicted octanol–water partition coefficient (Wildman–Crippen LogP) is 1.00. The summed E-state index contributed by atoms with van der Waals surface area (Å²) in [7, 11) is 0. The highest BCUT2D eigenvalue weighted by Crippen LogP contribution is 2.08. The minimum absolute atomic E-state index is 0.115. The Labute approximate surface area is 160 Å². The van der Waals surface area contributed by atoms with Gasteiger partial charge in [-0.3, -0.25) is 4.79 Å². The second-order valence-corrected chi connectivity index (χ2v) is 7.09. The lowest BCUT2D eigenvalue weighted by molar-refractivity contribution is -0.142. The molecule has 150 valence electrons. The van der Waals surface area contributed by atoms with Crippen LogP contribution >= 0.6 is 0 Å². The van der Waals surface area contributed by atoms with Crippen LogP contribution < -0.4 is 10.6 Å². The maximum Gasteiger partial charge on any atom is 0.326 e. The normalized spacial score (nSPS) is 14.4. The van der Waals surface area contributed by atoms with Crippen LogP contribution in [-0.4, -0.2) is 53.6 Å². The minimum Gasteiger partial charge on any atom is -0.480 e. The van der Waals surface area contributed by atoms with E-state index in [-0.39, 0.29) is 19.1 Å². The van der Waals surface area contributed by atoms with Crippen LogP contribution in [0.15, 0.2) is 30.3 Å². The van der Waals surface area contributed by atoms with Crippen molar-refractivity contribution < 1.29 is 24.6 Å². The molecular weight excluding hydrogens is 348 g/mol. The highest BCUT2D eigenvalue weighted by Gasteiger charge is 2.26. The molecule has 1 aromatic carbocycles. The van der Waals surface area contributed by atoms with Crippen LogP contribution in [0.3, 0.4) is 0 Å². The average Bonchev–Trinajstić information content (AvgIpc) is 2.63. The molecule has 0 saturated heterocycles. The molecule has 1 aromatic rings. The van der Waals surface area contributed by atoms with Crippen molar-refractivity contribution in [1.82, 2.24) is 10.6 Å². The number of aliphatic hydroxyl groups is 1. The zero-order valence-electron chi connectivity index (χ0n) is 15.9. The fourth-order valence-corrected chi connectivity index (χ4v) is 2.75. The molecule has 3 unspecified atom stereocenters. The summed E-state index contributed by atoms with van der Waals surface area (Å²) < 4.78 is 0. The molecule has 0 heterocycles. The molecule has 27 heavy (non-hydrogen) atoms. The van der Waals surface area contributed by atoms with Crippen molar-refractivity contribution in [3.05, 3.63) is 35.9 Å². The van der Waals surface area contributed by atoms with Gasteiger partial charge < -0.3 is 25.6 Å². The first-order valence-electron chi connectivity index (χ1n) is 9.24. The van der Waals surface area contributed by atoms with Crippen molar-refractivity contribution >= 4 is 18.2 Å². The molecule has 0 bridgehead atoms.